The number of carbonyl (C=O) groups is 2. The van der Waals surface area contributed by atoms with Gasteiger partial charge in [-0.15, -0.1) is 0 Å². The highest BCUT2D eigenvalue weighted by molar-refractivity contribution is 6.30. The number of amides is 1. The summed E-state index contributed by atoms with van der Waals surface area (Å²) in [7, 11) is 0. The summed E-state index contributed by atoms with van der Waals surface area (Å²) in [6.45, 7) is 0. The number of nitrogens with zero attached hydrogens (tertiary/aromatic N) is 3. The smallest absolute Gasteiger partial charge is 0.245 e. The first-order valence-electron chi connectivity index (χ1n) is 9.50. The standard InChI is InChI=1S/C22H16ClN5O2/c23-12-8-9-18(26-11-12)28-16-6-3-7-17(29)19(16)22(14(10-24)20(28)25)13-4-1-2-5-15(13)27-21(22)30/h1-2,4-5,8-9,11H,3,6-7,25H2,(H,27,30). The second-order valence-corrected chi connectivity index (χ2v) is 7.83. The molecule has 1 unspecified atom stereocenters. The molecule has 2 aliphatic heterocycles. The molecule has 1 atom stereocenters. The van der Waals surface area contributed by atoms with E-state index in [1.165, 1.54) is 6.20 Å². The maximum absolute atomic E-state index is 13.4. The van der Waals surface area contributed by atoms with Gasteiger partial charge in [0.25, 0.3) is 0 Å². The molecule has 0 bridgehead atoms. The lowest BCUT2D eigenvalue weighted by atomic mass is 9.64. The molecule has 8 heteroatoms. The number of aromatic nitrogens is 1. The lowest BCUT2D eigenvalue weighted by molar-refractivity contribution is -0.122. The average Bonchev–Trinajstić information content (AvgIpc) is 3.02. The molecule has 0 radical (unpaired) electrons. The molecule has 1 spiro atoms. The highest BCUT2D eigenvalue weighted by Gasteiger charge is 2.60. The first kappa shape index (κ1) is 18.4. The van der Waals surface area contributed by atoms with Crippen LogP contribution < -0.4 is 16.0 Å². The molecule has 7 nitrogen and oxygen atoms in total. The number of fused-ring (bicyclic) bond motifs is 3. The number of nitriles is 1. The van der Waals surface area contributed by atoms with Crippen molar-refractivity contribution >= 4 is 34.8 Å². The molecule has 0 saturated heterocycles. The first-order chi connectivity index (χ1) is 14.5. The van der Waals surface area contributed by atoms with E-state index in [9.17, 15) is 14.9 Å². The zero-order valence-electron chi connectivity index (χ0n) is 15.8. The molecule has 30 heavy (non-hydrogen) atoms. The Bertz CT molecular complexity index is 1220. The van der Waals surface area contributed by atoms with Crippen molar-refractivity contribution in [3.8, 4) is 6.07 Å². The maximum atomic E-state index is 13.4. The van der Waals surface area contributed by atoms with Crippen molar-refractivity contribution in [2.45, 2.75) is 24.7 Å². The van der Waals surface area contributed by atoms with Gasteiger partial charge in [-0.25, -0.2) is 4.98 Å². The fourth-order valence-corrected chi connectivity index (χ4v) is 4.82. The minimum Gasteiger partial charge on any atom is -0.384 e. The summed E-state index contributed by atoms with van der Waals surface area (Å²) < 4.78 is 0. The highest BCUT2D eigenvalue weighted by Crippen LogP contribution is 2.54. The van der Waals surface area contributed by atoms with Crippen molar-refractivity contribution in [1.29, 1.82) is 5.26 Å². The molecule has 1 aromatic carbocycles. The van der Waals surface area contributed by atoms with E-state index < -0.39 is 11.3 Å². The molecule has 2 aromatic rings. The van der Waals surface area contributed by atoms with E-state index in [1.54, 1.807) is 41.3 Å². The maximum Gasteiger partial charge on any atom is 0.245 e. The fraction of sp³-hybridized carbons (Fsp3) is 0.182. The van der Waals surface area contributed by atoms with Crippen LogP contribution in [0, 0.1) is 11.3 Å². The normalized spacial score (nSPS) is 22.7. The zero-order chi connectivity index (χ0) is 21.0. The third kappa shape index (κ3) is 2.22. The molecule has 1 aliphatic carbocycles. The Hall–Kier alpha value is -3.63. The van der Waals surface area contributed by atoms with Gasteiger partial charge >= 0.3 is 0 Å². The Morgan fingerprint density at radius 1 is 1.20 bits per heavy atom. The quantitative estimate of drug-likeness (QED) is 0.737. The second kappa shape index (κ2) is 6.44. The van der Waals surface area contributed by atoms with Crippen molar-refractivity contribution in [2.75, 3.05) is 10.2 Å². The molecule has 3 aliphatic rings. The molecule has 148 valence electrons. The predicted molar refractivity (Wildman–Crippen MR) is 111 cm³/mol. The van der Waals surface area contributed by atoms with Gasteiger partial charge in [0.1, 0.15) is 23.1 Å². The number of benzene rings is 1. The molecular formula is C22H16ClN5O2. The second-order valence-electron chi connectivity index (χ2n) is 7.39. The summed E-state index contributed by atoms with van der Waals surface area (Å²) in [5, 5.41) is 13.4. The van der Waals surface area contributed by atoms with E-state index in [0.29, 0.717) is 52.6 Å². The van der Waals surface area contributed by atoms with Gasteiger partial charge in [0.05, 0.1) is 10.6 Å². The summed E-state index contributed by atoms with van der Waals surface area (Å²) in [4.78, 5) is 32.6. The van der Waals surface area contributed by atoms with E-state index >= 15 is 0 Å². The van der Waals surface area contributed by atoms with E-state index in [0.717, 1.165) is 0 Å². The van der Waals surface area contributed by atoms with Crippen LogP contribution in [0.15, 0.2) is 65.3 Å². The first-order valence-corrected chi connectivity index (χ1v) is 9.87. The SMILES string of the molecule is N#CC1=C(N)N(c2ccc(Cl)cn2)C2=C(C(=O)CCC2)C12C(=O)Nc1ccccc12. The summed E-state index contributed by atoms with van der Waals surface area (Å²) in [6.07, 6.45) is 2.93. The minimum absolute atomic E-state index is 0.0238. The zero-order valence-corrected chi connectivity index (χ0v) is 16.5. The molecule has 5 rings (SSSR count). The van der Waals surface area contributed by atoms with E-state index in [2.05, 4.69) is 16.4 Å². The number of nitrogens with one attached hydrogen (secondary N) is 1. The van der Waals surface area contributed by atoms with Gasteiger partial charge < -0.3 is 11.1 Å². The summed E-state index contributed by atoms with van der Waals surface area (Å²) in [5.41, 5.74) is 7.04. The fourth-order valence-electron chi connectivity index (χ4n) is 4.71. The molecule has 0 fully saturated rings. The largest absolute Gasteiger partial charge is 0.384 e. The van der Waals surface area contributed by atoms with Crippen LogP contribution in [-0.2, 0) is 15.0 Å². The van der Waals surface area contributed by atoms with Gasteiger partial charge in [-0.3, -0.25) is 14.5 Å². The Kier molecular flexibility index (Phi) is 3.95. The van der Waals surface area contributed by atoms with Crippen LogP contribution in [0.5, 0.6) is 0 Å². The number of allylic oxidation sites excluding steroid dienone is 1. The van der Waals surface area contributed by atoms with Gasteiger partial charge in [-0.1, -0.05) is 29.8 Å². The van der Waals surface area contributed by atoms with Crippen LogP contribution in [-0.4, -0.2) is 16.7 Å². The summed E-state index contributed by atoms with van der Waals surface area (Å²) >= 11 is 5.98. The minimum atomic E-state index is -1.55. The van der Waals surface area contributed by atoms with Crippen molar-refractivity contribution in [2.24, 2.45) is 5.73 Å². The Balaban J connectivity index is 1.87. The molecule has 0 saturated carbocycles. The lowest BCUT2D eigenvalue weighted by Gasteiger charge is -2.43. The Morgan fingerprint density at radius 2 is 2.00 bits per heavy atom. The monoisotopic (exact) mass is 417 g/mol. The Morgan fingerprint density at radius 3 is 2.73 bits per heavy atom. The topological polar surface area (TPSA) is 112 Å². The number of rotatable bonds is 1. The third-order valence-electron chi connectivity index (χ3n) is 5.87. The van der Waals surface area contributed by atoms with Crippen molar-refractivity contribution in [3.63, 3.8) is 0 Å². The number of Topliss-reactive ketones (excluding diaryl/α,β-unsaturated/α-hetero) is 1. The van der Waals surface area contributed by atoms with Crippen LogP contribution in [0.3, 0.4) is 0 Å². The number of pyridine rings is 1. The van der Waals surface area contributed by atoms with Crippen LogP contribution in [0.4, 0.5) is 11.5 Å². The van der Waals surface area contributed by atoms with Gasteiger partial charge in [0, 0.05) is 35.1 Å². The predicted octanol–water partition coefficient (Wildman–Crippen LogP) is 3.15. The van der Waals surface area contributed by atoms with Crippen LogP contribution in [0.1, 0.15) is 24.8 Å². The number of nitrogens with two attached hydrogens (primary N) is 1. The average molecular weight is 418 g/mol. The number of anilines is 2. The van der Waals surface area contributed by atoms with Crippen molar-refractivity contribution in [3.05, 3.63) is 75.8 Å². The number of carbonyl (C=O) groups excluding carboxylic acids is 2. The molecule has 1 aromatic heterocycles. The van der Waals surface area contributed by atoms with E-state index in [4.69, 9.17) is 17.3 Å². The van der Waals surface area contributed by atoms with Gasteiger partial charge in [-0.2, -0.15) is 5.26 Å². The number of hydrogen-bond acceptors (Lipinski definition) is 6. The number of halogens is 1. The van der Waals surface area contributed by atoms with Crippen LogP contribution in [0.25, 0.3) is 0 Å². The van der Waals surface area contributed by atoms with Crippen molar-refractivity contribution < 1.29 is 9.59 Å². The van der Waals surface area contributed by atoms with Gasteiger partial charge in [0.15, 0.2) is 5.78 Å². The lowest BCUT2D eigenvalue weighted by Crippen LogP contribution is -2.50. The van der Waals surface area contributed by atoms with Crippen LogP contribution >= 0.6 is 11.6 Å². The van der Waals surface area contributed by atoms with Crippen LogP contribution in [0.2, 0.25) is 5.02 Å². The van der Waals surface area contributed by atoms with E-state index in [-0.39, 0.29) is 17.2 Å². The third-order valence-corrected chi connectivity index (χ3v) is 6.10. The number of ketones is 1. The number of hydrogen-bond donors (Lipinski definition) is 2. The highest BCUT2D eigenvalue weighted by atomic mass is 35.5. The van der Waals surface area contributed by atoms with Gasteiger partial charge in [0.2, 0.25) is 5.91 Å². The van der Waals surface area contributed by atoms with Crippen molar-refractivity contribution in [1.82, 2.24) is 4.98 Å². The van der Waals surface area contributed by atoms with Gasteiger partial charge in [-0.05, 0) is 31.0 Å². The molecule has 1 amide bonds. The number of para-hydroxylation sites is 1. The molecular weight excluding hydrogens is 402 g/mol. The Labute approximate surface area is 177 Å². The summed E-state index contributed by atoms with van der Waals surface area (Å²) in [6, 6.07) is 12.6. The molecule has 3 heterocycles. The summed E-state index contributed by atoms with van der Waals surface area (Å²) in [5.74, 6) is -0.0713. The van der Waals surface area contributed by atoms with E-state index in [1.807, 2.05) is 0 Å². The molecule has 3 N–H and O–H groups in total.